The SMILES string of the molecule is CCOC(=O)C(O)OCCC(=O)OC. The van der Waals surface area contributed by atoms with Crippen LogP contribution in [0.2, 0.25) is 0 Å². The summed E-state index contributed by atoms with van der Waals surface area (Å²) >= 11 is 0. The van der Waals surface area contributed by atoms with E-state index in [0.717, 1.165) is 0 Å². The van der Waals surface area contributed by atoms with Crippen molar-refractivity contribution in [1.82, 2.24) is 0 Å². The Morgan fingerprint density at radius 3 is 2.57 bits per heavy atom. The average Bonchev–Trinajstić information content (AvgIpc) is 2.17. The van der Waals surface area contributed by atoms with Crippen molar-refractivity contribution in [3.05, 3.63) is 0 Å². The van der Waals surface area contributed by atoms with Crippen molar-refractivity contribution >= 4 is 11.9 Å². The van der Waals surface area contributed by atoms with Crippen LogP contribution in [0.4, 0.5) is 0 Å². The van der Waals surface area contributed by atoms with E-state index in [1.54, 1.807) is 6.92 Å². The van der Waals surface area contributed by atoms with Gasteiger partial charge in [-0.25, -0.2) is 4.79 Å². The molecule has 1 unspecified atom stereocenters. The molecule has 0 heterocycles. The fourth-order valence-corrected chi connectivity index (χ4v) is 0.638. The van der Waals surface area contributed by atoms with Crippen molar-refractivity contribution in [3.63, 3.8) is 0 Å². The second-order valence-corrected chi connectivity index (χ2v) is 2.30. The molecule has 0 aromatic heterocycles. The third kappa shape index (κ3) is 5.50. The molecule has 0 aliphatic heterocycles. The zero-order valence-corrected chi connectivity index (χ0v) is 8.19. The maximum absolute atomic E-state index is 10.8. The van der Waals surface area contributed by atoms with Gasteiger partial charge in [0.2, 0.25) is 0 Å². The van der Waals surface area contributed by atoms with E-state index in [4.69, 9.17) is 5.11 Å². The molecule has 0 aromatic carbocycles. The van der Waals surface area contributed by atoms with Gasteiger partial charge in [0.1, 0.15) is 0 Å². The van der Waals surface area contributed by atoms with Crippen molar-refractivity contribution < 1.29 is 28.9 Å². The topological polar surface area (TPSA) is 82.1 Å². The molecule has 0 rings (SSSR count). The van der Waals surface area contributed by atoms with E-state index in [2.05, 4.69) is 14.2 Å². The molecule has 14 heavy (non-hydrogen) atoms. The van der Waals surface area contributed by atoms with Crippen LogP contribution in [0.5, 0.6) is 0 Å². The number of rotatable bonds is 6. The zero-order chi connectivity index (χ0) is 11.0. The summed E-state index contributed by atoms with van der Waals surface area (Å²) < 4.78 is 13.4. The predicted octanol–water partition coefficient (Wildman–Crippen LogP) is -0.552. The summed E-state index contributed by atoms with van der Waals surface area (Å²) in [5.74, 6) is -1.33. The van der Waals surface area contributed by atoms with Crippen LogP contribution in [0.15, 0.2) is 0 Å². The van der Waals surface area contributed by atoms with Crippen LogP contribution in [-0.2, 0) is 23.8 Å². The second-order valence-electron chi connectivity index (χ2n) is 2.30. The molecule has 0 amide bonds. The van der Waals surface area contributed by atoms with Gasteiger partial charge in [-0.3, -0.25) is 4.79 Å². The van der Waals surface area contributed by atoms with E-state index >= 15 is 0 Å². The molecule has 6 heteroatoms. The van der Waals surface area contributed by atoms with Crippen LogP contribution in [0, 0.1) is 0 Å². The largest absolute Gasteiger partial charge is 0.469 e. The Balaban J connectivity index is 3.58. The number of methoxy groups -OCH3 is 1. The first kappa shape index (κ1) is 12.9. The van der Waals surface area contributed by atoms with Crippen molar-refractivity contribution in [2.24, 2.45) is 0 Å². The molecule has 0 radical (unpaired) electrons. The number of hydrogen-bond donors (Lipinski definition) is 1. The van der Waals surface area contributed by atoms with Gasteiger partial charge in [-0.1, -0.05) is 0 Å². The lowest BCUT2D eigenvalue weighted by atomic mass is 10.5. The number of hydrogen-bond acceptors (Lipinski definition) is 6. The van der Waals surface area contributed by atoms with Crippen LogP contribution in [0.1, 0.15) is 13.3 Å². The van der Waals surface area contributed by atoms with E-state index in [0.29, 0.717) is 0 Å². The van der Waals surface area contributed by atoms with Crippen LogP contribution in [0.25, 0.3) is 0 Å². The van der Waals surface area contributed by atoms with Crippen LogP contribution < -0.4 is 0 Å². The molecule has 0 saturated heterocycles. The molecule has 82 valence electrons. The van der Waals surface area contributed by atoms with Crippen molar-refractivity contribution in [2.75, 3.05) is 20.3 Å². The molecule has 6 nitrogen and oxygen atoms in total. The lowest BCUT2D eigenvalue weighted by molar-refractivity contribution is -0.183. The maximum atomic E-state index is 10.8. The first-order valence-corrected chi connectivity index (χ1v) is 4.15. The fourth-order valence-electron chi connectivity index (χ4n) is 0.638. The Kier molecular flexibility index (Phi) is 6.69. The van der Waals surface area contributed by atoms with E-state index in [9.17, 15) is 9.59 Å². The first-order valence-electron chi connectivity index (χ1n) is 4.15. The molecular weight excluding hydrogens is 192 g/mol. The summed E-state index contributed by atoms with van der Waals surface area (Å²) in [5, 5.41) is 8.99. The Morgan fingerprint density at radius 2 is 2.07 bits per heavy atom. The molecule has 0 aromatic rings. The minimum Gasteiger partial charge on any atom is -0.469 e. The smallest absolute Gasteiger partial charge is 0.363 e. The third-order valence-electron chi connectivity index (χ3n) is 1.30. The van der Waals surface area contributed by atoms with Crippen molar-refractivity contribution in [2.45, 2.75) is 19.6 Å². The van der Waals surface area contributed by atoms with Gasteiger partial charge in [0.15, 0.2) is 0 Å². The highest BCUT2D eigenvalue weighted by molar-refractivity contribution is 5.73. The molecule has 0 bridgehead atoms. The standard InChI is InChI=1S/C8H14O6/c1-3-13-7(10)8(11)14-5-4-6(9)12-2/h8,11H,3-5H2,1-2H3. The van der Waals surface area contributed by atoms with Crippen LogP contribution in [-0.4, -0.2) is 43.7 Å². The Hall–Kier alpha value is -1.14. The number of esters is 2. The number of carbonyl (C=O) groups is 2. The monoisotopic (exact) mass is 206 g/mol. The average molecular weight is 206 g/mol. The lowest BCUT2D eigenvalue weighted by Crippen LogP contribution is -2.27. The Morgan fingerprint density at radius 1 is 1.43 bits per heavy atom. The lowest BCUT2D eigenvalue weighted by Gasteiger charge is -2.09. The molecule has 0 saturated carbocycles. The highest BCUT2D eigenvalue weighted by Crippen LogP contribution is 1.94. The maximum Gasteiger partial charge on any atom is 0.363 e. The summed E-state index contributed by atoms with van der Waals surface area (Å²) in [6.07, 6.45) is -1.66. The van der Waals surface area contributed by atoms with E-state index in [1.165, 1.54) is 7.11 Å². The number of aliphatic hydroxyl groups excluding tert-OH is 1. The van der Waals surface area contributed by atoms with Crippen LogP contribution in [0.3, 0.4) is 0 Å². The van der Waals surface area contributed by atoms with Gasteiger partial charge < -0.3 is 19.3 Å². The minimum atomic E-state index is -1.64. The normalized spacial score (nSPS) is 11.9. The van der Waals surface area contributed by atoms with Crippen molar-refractivity contribution in [1.29, 1.82) is 0 Å². The Bertz CT molecular complexity index is 190. The molecular formula is C8H14O6. The second kappa shape index (κ2) is 7.28. The van der Waals surface area contributed by atoms with E-state index < -0.39 is 18.2 Å². The molecule has 1 atom stereocenters. The first-order chi connectivity index (χ1) is 6.61. The fraction of sp³-hybridized carbons (Fsp3) is 0.750. The molecule has 0 aliphatic rings. The quantitative estimate of drug-likeness (QED) is 0.463. The van der Waals surface area contributed by atoms with Gasteiger partial charge >= 0.3 is 11.9 Å². The van der Waals surface area contributed by atoms with Gasteiger partial charge in [-0.15, -0.1) is 0 Å². The molecule has 0 aliphatic carbocycles. The van der Waals surface area contributed by atoms with Gasteiger partial charge in [0, 0.05) is 0 Å². The molecule has 1 N–H and O–H groups in total. The minimum absolute atomic E-state index is 0.0209. The highest BCUT2D eigenvalue weighted by atomic mass is 16.6. The summed E-state index contributed by atoms with van der Waals surface area (Å²) in [6.45, 7) is 1.68. The predicted molar refractivity (Wildman–Crippen MR) is 45.2 cm³/mol. The van der Waals surface area contributed by atoms with E-state index in [-0.39, 0.29) is 19.6 Å². The molecule has 0 fully saturated rings. The Labute approximate surface area is 81.8 Å². The third-order valence-corrected chi connectivity index (χ3v) is 1.30. The summed E-state index contributed by atoms with van der Waals surface area (Å²) in [6, 6.07) is 0. The number of aliphatic hydroxyl groups is 1. The highest BCUT2D eigenvalue weighted by Gasteiger charge is 2.16. The number of carbonyl (C=O) groups excluding carboxylic acids is 2. The zero-order valence-electron chi connectivity index (χ0n) is 8.19. The summed E-state index contributed by atoms with van der Waals surface area (Å²) in [7, 11) is 1.24. The number of ether oxygens (including phenoxy) is 3. The van der Waals surface area contributed by atoms with Gasteiger partial charge in [0.05, 0.1) is 26.7 Å². The van der Waals surface area contributed by atoms with Gasteiger partial charge in [-0.05, 0) is 6.92 Å². The van der Waals surface area contributed by atoms with Gasteiger partial charge in [0.25, 0.3) is 6.29 Å². The van der Waals surface area contributed by atoms with Crippen molar-refractivity contribution in [3.8, 4) is 0 Å². The summed E-state index contributed by atoms with van der Waals surface area (Å²) in [5.41, 5.74) is 0. The van der Waals surface area contributed by atoms with Crippen LogP contribution >= 0.6 is 0 Å². The van der Waals surface area contributed by atoms with E-state index in [1.807, 2.05) is 0 Å². The van der Waals surface area contributed by atoms with Gasteiger partial charge in [-0.2, -0.15) is 0 Å². The molecule has 0 spiro atoms. The summed E-state index contributed by atoms with van der Waals surface area (Å²) in [4.78, 5) is 21.4.